The number of hydrogen-bond donors (Lipinski definition) is 1. The number of nitrogens with zero attached hydrogens (tertiary/aromatic N) is 2. The zero-order valence-corrected chi connectivity index (χ0v) is 9.40. The summed E-state index contributed by atoms with van der Waals surface area (Å²) in [7, 11) is 0. The minimum Gasteiger partial charge on any atom is -0.294 e. The average Bonchev–Trinajstić information content (AvgIpc) is 2.30. The van der Waals surface area contributed by atoms with Crippen molar-refractivity contribution in [3.05, 3.63) is 0 Å². The van der Waals surface area contributed by atoms with Crippen molar-refractivity contribution in [2.24, 2.45) is 17.3 Å². The highest BCUT2D eigenvalue weighted by Gasteiger charge is 2.56. The third-order valence-electron chi connectivity index (χ3n) is 3.96. The zero-order valence-electron chi connectivity index (χ0n) is 9.40. The van der Waals surface area contributed by atoms with Crippen molar-refractivity contribution in [1.82, 2.24) is 5.32 Å². The Labute approximate surface area is 99.4 Å². The Morgan fingerprint density at radius 2 is 1.47 bits per heavy atom. The first-order chi connectivity index (χ1) is 8.15. The first-order valence-electron chi connectivity index (χ1n) is 5.79. The van der Waals surface area contributed by atoms with E-state index in [9.17, 15) is 9.59 Å². The average molecular weight is 231 g/mol. The molecule has 1 N–H and O–H groups in total. The van der Waals surface area contributed by atoms with Gasteiger partial charge in [-0.1, -0.05) is 19.3 Å². The van der Waals surface area contributed by atoms with Crippen LogP contribution in [-0.4, -0.2) is 11.8 Å². The van der Waals surface area contributed by atoms with Gasteiger partial charge in [0.1, 0.15) is 11.8 Å². The molecule has 0 radical (unpaired) electrons. The van der Waals surface area contributed by atoms with E-state index in [-0.39, 0.29) is 0 Å². The minimum atomic E-state index is -0.870. The third kappa shape index (κ3) is 1.59. The summed E-state index contributed by atoms with van der Waals surface area (Å²) < 4.78 is 0. The molecule has 2 aliphatic rings. The number of hydrogen-bond acceptors (Lipinski definition) is 4. The molecule has 0 aromatic rings. The van der Waals surface area contributed by atoms with Gasteiger partial charge in [0.2, 0.25) is 11.8 Å². The van der Waals surface area contributed by atoms with Gasteiger partial charge in [-0.05, 0) is 12.8 Å². The summed E-state index contributed by atoms with van der Waals surface area (Å²) in [5.41, 5.74) is -0.749. The number of carbonyl (C=O) groups excluding carboxylic acids is 2. The Morgan fingerprint density at radius 1 is 1.00 bits per heavy atom. The lowest BCUT2D eigenvalue weighted by atomic mass is 9.57. The van der Waals surface area contributed by atoms with E-state index in [0.29, 0.717) is 12.8 Å². The lowest BCUT2D eigenvalue weighted by Crippen LogP contribution is -2.58. The highest BCUT2D eigenvalue weighted by atomic mass is 16.2. The molecule has 0 bridgehead atoms. The quantitative estimate of drug-likeness (QED) is 0.626. The van der Waals surface area contributed by atoms with E-state index >= 15 is 0 Å². The summed E-state index contributed by atoms with van der Waals surface area (Å²) in [6, 6.07) is 3.97. The fraction of sp³-hybridized carbons (Fsp3) is 0.667. The first-order valence-corrected chi connectivity index (χ1v) is 5.79. The van der Waals surface area contributed by atoms with Crippen molar-refractivity contribution in [3.8, 4) is 12.1 Å². The van der Waals surface area contributed by atoms with Crippen molar-refractivity contribution in [3.63, 3.8) is 0 Å². The van der Waals surface area contributed by atoms with Gasteiger partial charge in [0.15, 0.2) is 0 Å². The second-order valence-electron chi connectivity index (χ2n) is 4.77. The van der Waals surface area contributed by atoms with Crippen molar-refractivity contribution >= 4 is 11.8 Å². The monoisotopic (exact) mass is 231 g/mol. The minimum absolute atomic E-state index is 0.536. The number of amides is 2. The fourth-order valence-electron chi connectivity index (χ4n) is 3.12. The molecule has 17 heavy (non-hydrogen) atoms. The molecule has 2 atom stereocenters. The maximum Gasteiger partial charge on any atom is 0.244 e. The molecule has 0 aromatic heterocycles. The Kier molecular flexibility index (Phi) is 2.85. The van der Waals surface area contributed by atoms with Gasteiger partial charge in [-0.3, -0.25) is 14.9 Å². The maximum atomic E-state index is 11.7. The van der Waals surface area contributed by atoms with Crippen LogP contribution in [0, 0.1) is 39.9 Å². The number of imide groups is 1. The van der Waals surface area contributed by atoms with Crippen LogP contribution in [0.15, 0.2) is 0 Å². The van der Waals surface area contributed by atoms with E-state index in [1.165, 1.54) is 0 Å². The van der Waals surface area contributed by atoms with E-state index in [4.69, 9.17) is 10.5 Å². The van der Waals surface area contributed by atoms with Gasteiger partial charge in [0, 0.05) is 5.41 Å². The Hall–Kier alpha value is -1.88. The summed E-state index contributed by atoms with van der Waals surface area (Å²) in [6.45, 7) is 0. The van der Waals surface area contributed by atoms with E-state index in [1.807, 2.05) is 12.1 Å². The molecule has 1 unspecified atom stereocenters. The SMILES string of the molecule is N#CC1C(=O)NC(=O)[C@H](C#N)C12CCCCC2. The molecule has 5 nitrogen and oxygen atoms in total. The number of piperidine rings is 1. The largest absolute Gasteiger partial charge is 0.294 e. The van der Waals surface area contributed by atoms with Crippen molar-refractivity contribution in [1.29, 1.82) is 10.5 Å². The molecule has 1 aliphatic carbocycles. The molecule has 1 heterocycles. The van der Waals surface area contributed by atoms with Crippen LogP contribution < -0.4 is 5.32 Å². The molecule has 5 heteroatoms. The van der Waals surface area contributed by atoms with Crippen LogP contribution in [0.3, 0.4) is 0 Å². The van der Waals surface area contributed by atoms with E-state index in [1.54, 1.807) is 0 Å². The standard InChI is InChI=1S/C12H13N3O2/c13-6-8-10(16)15-11(17)9(7-14)12(8)4-2-1-3-5-12/h8-9H,1-5H2,(H,15,16,17)/t8-,9?/m0/s1. The summed E-state index contributed by atoms with van der Waals surface area (Å²) in [4.78, 5) is 23.4. The van der Waals surface area contributed by atoms with Crippen molar-refractivity contribution < 1.29 is 9.59 Å². The van der Waals surface area contributed by atoms with Gasteiger partial charge in [-0.15, -0.1) is 0 Å². The van der Waals surface area contributed by atoms with Gasteiger partial charge in [-0.25, -0.2) is 0 Å². The highest BCUT2D eigenvalue weighted by molar-refractivity contribution is 6.03. The third-order valence-corrected chi connectivity index (χ3v) is 3.96. The van der Waals surface area contributed by atoms with Gasteiger partial charge in [-0.2, -0.15) is 10.5 Å². The molecular formula is C12H13N3O2. The normalized spacial score (nSPS) is 31.4. The highest BCUT2D eigenvalue weighted by Crippen LogP contribution is 2.50. The topological polar surface area (TPSA) is 93.8 Å². The van der Waals surface area contributed by atoms with Crippen LogP contribution in [0.5, 0.6) is 0 Å². The van der Waals surface area contributed by atoms with Gasteiger partial charge < -0.3 is 0 Å². The molecule has 2 fully saturated rings. The number of rotatable bonds is 0. The van der Waals surface area contributed by atoms with E-state index in [0.717, 1.165) is 19.3 Å². The molecule has 1 saturated heterocycles. The van der Waals surface area contributed by atoms with E-state index < -0.39 is 29.1 Å². The van der Waals surface area contributed by atoms with Gasteiger partial charge in [0.05, 0.1) is 12.1 Å². The fourth-order valence-corrected chi connectivity index (χ4v) is 3.12. The number of nitrogens with one attached hydrogen (secondary N) is 1. The van der Waals surface area contributed by atoms with Gasteiger partial charge >= 0.3 is 0 Å². The molecule has 1 spiro atoms. The first kappa shape index (κ1) is 11.6. The molecule has 1 aliphatic heterocycles. The van der Waals surface area contributed by atoms with Crippen LogP contribution in [0.1, 0.15) is 32.1 Å². The second kappa shape index (κ2) is 4.18. The van der Waals surface area contributed by atoms with Crippen LogP contribution >= 0.6 is 0 Å². The van der Waals surface area contributed by atoms with E-state index in [2.05, 4.69) is 5.32 Å². The van der Waals surface area contributed by atoms with Crippen molar-refractivity contribution in [2.45, 2.75) is 32.1 Å². The summed E-state index contributed by atoms with van der Waals surface area (Å²) in [5, 5.41) is 20.4. The summed E-state index contributed by atoms with van der Waals surface area (Å²) >= 11 is 0. The van der Waals surface area contributed by atoms with Crippen LogP contribution in [0.25, 0.3) is 0 Å². The zero-order chi connectivity index (χ0) is 12.5. The van der Waals surface area contributed by atoms with Crippen LogP contribution in [0.2, 0.25) is 0 Å². The van der Waals surface area contributed by atoms with Crippen LogP contribution in [-0.2, 0) is 9.59 Å². The second-order valence-corrected chi connectivity index (χ2v) is 4.77. The maximum absolute atomic E-state index is 11.7. The summed E-state index contributed by atoms with van der Waals surface area (Å²) in [6.07, 6.45) is 4.01. The summed E-state index contributed by atoms with van der Waals surface area (Å²) in [5.74, 6) is -2.81. The van der Waals surface area contributed by atoms with Crippen LogP contribution in [0.4, 0.5) is 0 Å². The Morgan fingerprint density at radius 3 is 1.88 bits per heavy atom. The molecule has 1 saturated carbocycles. The predicted molar refractivity (Wildman–Crippen MR) is 56.9 cm³/mol. The molecule has 88 valence electrons. The van der Waals surface area contributed by atoms with Gasteiger partial charge in [0.25, 0.3) is 0 Å². The Bertz CT molecular complexity index is 404. The Balaban J connectivity index is 2.46. The lowest BCUT2D eigenvalue weighted by Gasteiger charge is -2.44. The number of nitriles is 2. The smallest absolute Gasteiger partial charge is 0.244 e. The number of carbonyl (C=O) groups is 2. The molecule has 2 rings (SSSR count). The van der Waals surface area contributed by atoms with Crippen molar-refractivity contribution in [2.75, 3.05) is 0 Å². The molecular weight excluding hydrogens is 218 g/mol. The molecule has 2 amide bonds. The predicted octanol–water partition coefficient (Wildman–Crippen LogP) is 0.873. The lowest BCUT2D eigenvalue weighted by molar-refractivity contribution is -0.146. The molecule has 0 aromatic carbocycles.